The van der Waals surface area contributed by atoms with Crippen molar-refractivity contribution in [2.75, 3.05) is 66.1 Å². The molecule has 0 saturated heterocycles. The van der Waals surface area contributed by atoms with Crippen LogP contribution in [0.2, 0.25) is 0 Å². The highest BCUT2D eigenvalue weighted by molar-refractivity contribution is 5.94. The molecular formula is C102H195N5O20. The van der Waals surface area contributed by atoms with E-state index in [9.17, 15) is 67.1 Å². The third kappa shape index (κ3) is 105. The standard InChI is InChI=1S/C13H24O2.C12H24N2O3.2C12H23NO3.C12H22O3.C12H24O2.C11H21NO.C9H18O2.C9H16O/c1-12(2,3)10(14)8-7-9-11(15)13(4,5)6;1-11(2,3)13-9(15)7-17-8-10(16)14-12(4,5)6;2*1-11(2,3)9(14)7-16-8-10(15)13-12(4,5)6;1-11(2,3)9(13)7-15-8-10(14)12(4,5)6;1-11(2,3)7-8-14-9-10(13)12(4,5)6;1-10(2,3)8-7-9(13)12-11(4,5)6;1-8(2,3)7(10)11-9(4,5)6;1-7(2)6-8(10)9(3,4)5/h7-9H2,1-6H3;7-8H2,1-6H3,(H,13,15)(H,14,16);2*7-8H2,1-6H3,(H,13,15);7-8H2,1-6H3;7-9H2,1-6H3;7-8H,1-6H3,(H,12,13);1-6H3;6H,1-5H3/b;;;;;;8-7+;;. The summed E-state index contributed by atoms with van der Waals surface area (Å²) in [7, 11) is 0. The van der Waals surface area contributed by atoms with Crippen LogP contribution in [-0.4, -0.2) is 181 Å². The molecule has 127 heavy (non-hydrogen) atoms. The first-order chi connectivity index (χ1) is 55.3. The van der Waals surface area contributed by atoms with Crippen LogP contribution < -0.4 is 26.6 Å². The Balaban J connectivity index is -0.000000177. The van der Waals surface area contributed by atoms with Crippen molar-refractivity contribution in [3.63, 3.8) is 0 Å². The van der Waals surface area contributed by atoms with E-state index in [2.05, 4.69) is 68.1 Å². The Morgan fingerprint density at radius 3 is 0.646 bits per heavy atom. The fourth-order valence-corrected chi connectivity index (χ4v) is 7.20. The average Bonchev–Trinajstić information content (AvgIpc) is 0.892. The van der Waals surface area contributed by atoms with Crippen molar-refractivity contribution in [2.24, 2.45) is 59.6 Å². The number of rotatable bonds is 26. The molecule has 0 aromatic carbocycles. The summed E-state index contributed by atoms with van der Waals surface area (Å²) in [6.45, 7) is 102. The van der Waals surface area contributed by atoms with Crippen molar-refractivity contribution in [1.82, 2.24) is 26.6 Å². The summed E-state index contributed by atoms with van der Waals surface area (Å²) in [6.07, 6.45) is 7.92. The van der Waals surface area contributed by atoms with Gasteiger partial charge in [-0.25, -0.2) is 0 Å². The monoisotopic (exact) mass is 1810 g/mol. The molecule has 0 fully saturated rings. The first-order valence-electron chi connectivity index (χ1n) is 44.6. The molecule has 0 aliphatic rings. The van der Waals surface area contributed by atoms with Crippen molar-refractivity contribution >= 4 is 81.8 Å². The Morgan fingerprint density at radius 2 is 0.480 bits per heavy atom. The van der Waals surface area contributed by atoms with E-state index in [-0.39, 0.29) is 207 Å². The molecule has 748 valence electrons. The molecule has 0 radical (unpaired) electrons. The van der Waals surface area contributed by atoms with Gasteiger partial charge in [0.05, 0.1) is 5.41 Å². The van der Waals surface area contributed by atoms with Crippen LogP contribution in [0.4, 0.5) is 0 Å². The smallest absolute Gasteiger partial charge is 0.311 e. The molecular weight excluding hydrogens is 1620 g/mol. The average molecular weight is 1810 g/mol. The van der Waals surface area contributed by atoms with Crippen LogP contribution in [0, 0.1) is 59.6 Å². The number of carbonyl (C=O) groups excluding carboxylic acids is 14. The van der Waals surface area contributed by atoms with E-state index >= 15 is 0 Å². The SMILES string of the molecule is CC(C)(C)/C=C/C(=O)NC(C)(C)C.CC(C)(C)C(=O)CCCC(=O)C(C)(C)C.CC(C)(C)C(=O)COCC(=O)C(C)(C)C.CC(C)(C)CCOCC(=O)C(C)(C)C.CC(C)(C)NC(=O)COCC(=O)C(C)(C)C.CC(C)(C)NC(=O)COCC(=O)C(C)(C)C.CC(C)(C)NC(=O)COCC(=O)NC(C)(C)C.CC(C)(C)OC(=O)C(C)(C)C.CC(C)=CC(=O)C(C)(C)C. The van der Waals surface area contributed by atoms with Crippen LogP contribution in [-0.2, 0) is 95.5 Å². The molecule has 5 N–H and O–H groups in total. The molecule has 0 saturated carbocycles. The molecule has 0 atom stereocenters. The first-order valence-corrected chi connectivity index (χ1v) is 44.6. The highest BCUT2D eigenvalue weighted by atomic mass is 16.6. The molecule has 0 heterocycles. The van der Waals surface area contributed by atoms with Crippen molar-refractivity contribution < 1.29 is 95.5 Å². The molecule has 0 aliphatic heterocycles. The summed E-state index contributed by atoms with van der Waals surface area (Å²) in [5.41, 5.74) is -3.28. The largest absolute Gasteiger partial charge is 0.460 e. The van der Waals surface area contributed by atoms with E-state index in [4.69, 9.17) is 28.4 Å². The van der Waals surface area contributed by atoms with Gasteiger partial charge in [-0.05, 0) is 195 Å². The van der Waals surface area contributed by atoms with E-state index < -0.39 is 27.1 Å². The number of nitrogens with one attached hydrogen (secondary N) is 5. The van der Waals surface area contributed by atoms with E-state index in [0.29, 0.717) is 25.9 Å². The third-order valence-electron chi connectivity index (χ3n) is 15.2. The molecule has 25 nitrogen and oxygen atoms in total. The van der Waals surface area contributed by atoms with Gasteiger partial charge >= 0.3 is 5.97 Å². The van der Waals surface area contributed by atoms with Gasteiger partial charge in [0.1, 0.15) is 76.6 Å². The predicted octanol–water partition coefficient (Wildman–Crippen LogP) is 20.0. The van der Waals surface area contributed by atoms with E-state index in [1.165, 1.54) is 0 Å². The summed E-state index contributed by atoms with van der Waals surface area (Å²) < 4.78 is 30.8. The van der Waals surface area contributed by atoms with Crippen LogP contribution in [0.1, 0.15) is 393 Å². The molecule has 0 unspecified atom stereocenters. The quantitative estimate of drug-likeness (QED) is 0.0305. The lowest BCUT2D eigenvalue weighted by atomic mass is 9.85. The van der Waals surface area contributed by atoms with Gasteiger partial charge in [-0.15, -0.1) is 0 Å². The van der Waals surface area contributed by atoms with Gasteiger partial charge in [0.25, 0.3) is 0 Å². The number of amides is 5. The second-order valence-electron chi connectivity index (χ2n) is 50.1. The number of Topliss-reactive ketones (excluding diaryl/α,β-unsaturated/α-hetero) is 7. The third-order valence-corrected chi connectivity index (χ3v) is 15.2. The molecule has 0 aromatic heterocycles. The second-order valence-corrected chi connectivity index (χ2v) is 50.1. The number of ketones is 8. The fourth-order valence-electron chi connectivity index (χ4n) is 7.20. The van der Waals surface area contributed by atoms with E-state index in [0.717, 1.165) is 12.0 Å². The Kier molecular flexibility index (Phi) is 64.4. The molecule has 0 rings (SSSR count). The summed E-state index contributed by atoms with van der Waals surface area (Å²) in [6, 6.07) is 0. The minimum atomic E-state index is -0.416. The molecule has 0 aromatic rings. The van der Waals surface area contributed by atoms with Gasteiger partial charge in [0.2, 0.25) is 29.5 Å². The molecule has 0 aliphatic carbocycles. The van der Waals surface area contributed by atoms with Crippen LogP contribution in [0.25, 0.3) is 0 Å². The van der Waals surface area contributed by atoms with Crippen LogP contribution >= 0.6 is 0 Å². The Morgan fingerprint density at radius 1 is 0.260 bits per heavy atom. The predicted molar refractivity (Wildman–Crippen MR) is 521 cm³/mol. The lowest BCUT2D eigenvalue weighted by molar-refractivity contribution is -0.164. The summed E-state index contributed by atoms with van der Waals surface area (Å²) in [5, 5.41) is 13.9. The van der Waals surface area contributed by atoms with Crippen LogP contribution in [0.15, 0.2) is 23.8 Å². The summed E-state index contributed by atoms with van der Waals surface area (Å²) >= 11 is 0. The minimum absolute atomic E-state index is 0.00365. The zero-order valence-electron chi connectivity index (χ0n) is 91.3. The van der Waals surface area contributed by atoms with Crippen molar-refractivity contribution in [3.8, 4) is 0 Å². The highest BCUT2D eigenvalue weighted by Gasteiger charge is 2.31. The summed E-state index contributed by atoms with van der Waals surface area (Å²) in [4.78, 5) is 160. The van der Waals surface area contributed by atoms with Gasteiger partial charge in [0, 0.05) is 90.5 Å². The van der Waals surface area contributed by atoms with Crippen LogP contribution in [0.5, 0.6) is 0 Å². The number of hydrogen-bond donors (Lipinski definition) is 5. The zero-order chi connectivity index (χ0) is 104. The lowest BCUT2D eigenvalue weighted by Gasteiger charge is -2.25. The maximum atomic E-state index is 11.6. The topological polar surface area (TPSA) is 355 Å². The molecule has 25 heteroatoms. The zero-order valence-corrected chi connectivity index (χ0v) is 91.3. The van der Waals surface area contributed by atoms with Crippen molar-refractivity contribution in [1.29, 1.82) is 0 Å². The summed E-state index contributed by atoms with van der Waals surface area (Å²) in [5.74, 6) is -0.133. The number of hydrogen-bond acceptors (Lipinski definition) is 20. The number of ether oxygens (including phenoxy) is 6. The Hall–Kier alpha value is -6.54. The van der Waals surface area contributed by atoms with E-state index in [1.807, 2.05) is 331 Å². The maximum absolute atomic E-state index is 11.6. The number of allylic oxidation sites excluding steroid dienone is 3. The normalized spacial score (nSPS) is 12.5. The first kappa shape index (κ1) is 138. The Labute approximate surface area is 775 Å². The fraction of sp³-hybridized carbons (Fsp3) is 0.824. The Bertz CT molecular complexity index is 3180. The van der Waals surface area contributed by atoms with Gasteiger partial charge in [-0.1, -0.05) is 219 Å². The second kappa shape index (κ2) is 59.1. The molecule has 5 amide bonds. The lowest BCUT2D eigenvalue weighted by Crippen LogP contribution is -2.44. The van der Waals surface area contributed by atoms with Gasteiger partial charge in [0.15, 0.2) is 34.7 Å². The van der Waals surface area contributed by atoms with Gasteiger partial charge < -0.3 is 55.0 Å². The van der Waals surface area contributed by atoms with E-state index in [1.54, 1.807) is 12.2 Å². The molecule has 0 spiro atoms. The van der Waals surface area contributed by atoms with Crippen molar-refractivity contribution in [2.45, 2.75) is 426 Å². The minimum Gasteiger partial charge on any atom is -0.460 e. The van der Waals surface area contributed by atoms with Crippen LogP contribution in [0.3, 0.4) is 0 Å². The molecule has 0 bridgehead atoms. The highest BCUT2D eigenvalue weighted by Crippen LogP contribution is 2.25. The maximum Gasteiger partial charge on any atom is 0.311 e. The number of carbonyl (C=O) groups is 14. The number of esters is 1. The van der Waals surface area contributed by atoms with Gasteiger partial charge in [-0.3, -0.25) is 67.1 Å². The van der Waals surface area contributed by atoms with Crippen molar-refractivity contribution in [3.05, 3.63) is 23.8 Å². The van der Waals surface area contributed by atoms with Gasteiger partial charge in [-0.2, -0.15) is 0 Å².